The summed E-state index contributed by atoms with van der Waals surface area (Å²) >= 11 is 0. The maximum atomic E-state index is 6.13. The van der Waals surface area contributed by atoms with Gasteiger partial charge in [0.1, 0.15) is 0 Å². The zero-order chi connectivity index (χ0) is 9.22. The summed E-state index contributed by atoms with van der Waals surface area (Å²) in [4.78, 5) is 0. The molecule has 2 fully saturated rings. The Hall–Kier alpha value is 1.15. The average Bonchev–Trinajstić information content (AvgIpc) is 2.37. The van der Waals surface area contributed by atoms with Gasteiger partial charge in [-0.25, -0.2) is 0 Å². The Morgan fingerprint density at radius 3 is 2.31 bits per heavy atom. The summed E-state index contributed by atoms with van der Waals surface area (Å²) in [5, 5.41) is 0. The first-order valence-corrected chi connectivity index (χ1v) is 14.3. The third kappa shape index (κ3) is 1.25. The Kier molecular flexibility index (Phi) is 2.05. The molecule has 0 nitrogen and oxygen atoms in total. The number of rotatable bonds is 1. The SMILES string of the molecule is [Cl][Ge]([Cl])([Cl])[CH]1CC2C3C=CC(C3)C21. The van der Waals surface area contributed by atoms with Crippen LogP contribution in [0.25, 0.3) is 0 Å². The van der Waals surface area contributed by atoms with Gasteiger partial charge in [-0.3, -0.25) is 0 Å². The van der Waals surface area contributed by atoms with Gasteiger partial charge in [0.15, 0.2) is 0 Å². The minimum absolute atomic E-state index is 0.495. The third-order valence-electron chi connectivity index (χ3n) is 4.10. The van der Waals surface area contributed by atoms with E-state index in [1.54, 1.807) is 0 Å². The molecule has 5 atom stereocenters. The minimum atomic E-state index is -2.90. The van der Waals surface area contributed by atoms with E-state index in [4.69, 9.17) is 30.0 Å². The van der Waals surface area contributed by atoms with Crippen molar-refractivity contribution in [2.24, 2.45) is 23.7 Å². The number of allylic oxidation sites excluding steroid dienone is 2. The van der Waals surface area contributed by atoms with E-state index in [1.165, 1.54) is 12.8 Å². The summed E-state index contributed by atoms with van der Waals surface area (Å²) in [5.74, 6) is 3.22. The molecule has 5 unspecified atom stereocenters. The fourth-order valence-electron chi connectivity index (χ4n) is 3.50. The van der Waals surface area contributed by atoms with Crippen molar-refractivity contribution in [3.63, 3.8) is 0 Å². The number of hydrogen-bond donors (Lipinski definition) is 0. The van der Waals surface area contributed by atoms with Crippen LogP contribution in [0, 0.1) is 23.7 Å². The van der Waals surface area contributed by atoms with Crippen LogP contribution < -0.4 is 0 Å². The molecular weight excluding hydrogens is 287 g/mol. The monoisotopic (exact) mass is 298 g/mol. The average molecular weight is 298 g/mol. The first kappa shape index (κ1) is 9.38. The zero-order valence-electron chi connectivity index (χ0n) is 7.09. The standard InChI is InChI=1S/C9H11Cl3Ge/c10-13(11,12)8-4-7-5-1-2-6(3-5)9(7)8/h1-2,5-9H,3-4H2. The van der Waals surface area contributed by atoms with E-state index in [2.05, 4.69) is 12.2 Å². The van der Waals surface area contributed by atoms with Crippen LogP contribution in [0.1, 0.15) is 12.8 Å². The van der Waals surface area contributed by atoms with Crippen LogP contribution in [-0.4, -0.2) is 10.5 Å². The van der Waals surface area contributed by atoms with E-state index in [0.29, 0.717) is 4.75 Å². The Morgan fingerprint density at radius 1 is 1.00 bits per heavy atom. The molecule has 4 heteroatoms. The number of halogens is 3. The van der Waals surface area contributed by atoms with Crippen LogP contribution in [-0.2, 0) is 0 Å². The normalized spacial score (nSPS) is 52.1. The van der Waals surface area contributed by atoms with Gasteiger partial charge < -0.3 is 0 Å². The van der Waals surface area contributed by atoms with Gasteiger partial charge in [-0.05, 0) is 0 Å². The van der Waals surface area contributed by atoms with Crippen molar-refractivity contribution in [3.8, 4) is 0 Å². The molecule has 0 aromatic carbocycles. The Bertz CT molecular complexity index is 271. The summed E-state index contributed by atoms with van der Waals surface area (Å²) in [7, 11) is 15.5. The molecule has 0 N–H and O–H groups in total. The van der Waals surface area contributed by atoms with Crippen LogP contribution in [0.5, 0.6) is 0 Å². The number of fused-ring (bicyclic) bond motifs is 5. The maximum absolute atomic E-state index is 6.13. The van der Waals surface area contributed by atoms with Crippen LogP contribution in [0.4, 0.5) is 0 Å². The second kappa shape index (κ2) is 2.84. The zero-order valence-corrected chi connectivity index (χ0v) is 11.5. The molecule has 0 spiro atoms. The van der Waals surface area contributed by atoms with Crippen molar-refractivity contribution < 1.29 is 0 Å². The molecule has 0 aliphatic heterocycles. The van der Waals surface area contributed by atoms with Gasteiger partial charge in [-0.1, -0.05) is 0 Å². The molecular formula is C9H11Cl3Ge. The first-order valence-electron chi connectivity index (χ1n) is 4.82. The predicted molar refractivity (Wildman–Crippen MR) is 59.4 cm³/mol. The summed E-state index contributed by atoms with van der Waals surface area (Å²) in [6.07, 6.45) is 7.28. The van der Waals surface area contributed by atoms with Crippen molar-refractivity contribution >= 4 is 40.5 Å². The predicted octanol–water partition coefficient (Wildman–Crippen LogP) is 3.85. The molecule has 2 saturated carbocycles. The van der Waals surface area contributed by atoms with Crippen molar-refractivity contribution in [3.05, 3.63) is 12.2 Å². The molecule has 3 aliphatic rings. The second-order valence-electron chi connectivity index (χ2n) is 4.57. The summed E-state index contributed by atoms with van der Waals surface area (Å²) in [6.45, 7) is 0. The third-order valence-corrected chi connectivity index (χ3v) is 11.5. The van der Waals surface area contributed by atoms with Gasteiger partial charge in [-0.15, -0.1) is 0 Å². The molecule has 0 amide bonds. The van der Waals surface area contributed by atoms with Gasteiger partial charge in [0, 0.05) is 0 Å². The van der Waals surface area contributed by atoms with Gasteiger partial charge in [-0.2, -0.15) is 0 Å². The van der Waals surface area contributed by atoms with Crippen molar-refractivity contribution in [1.82, 2.24) is 0 Å². The molecule has 0 radical (unpaired) electrons. The van der Waals surface area contributed by atoms with Crippen LogP contribution >= 0.6 is 30.0 Å². The van der Waals surface area contributed by atoms with E-state index < -0.39 is 10.5 Å². The molecule has 0 aromatic rings. The second-order valence-corrected chi connectivity index (χ2v) is 20.7. The number of hydrogen-bond acceptors (Lipinski definition) is 0. The first-order chi connectivity index (χ1) is 6.07. The molecule has 2 bridgehead atoms. The summed E-state index contributed by atoms with van der Waals surface area (Å²) in [6, 6.07) is 0. The van der Waals surface area contributed by atoms with Crippen LogP contribution in [0.3, 0.4) is 0 Å². The quantitative estimate of drug-likeness (QED) is 0.509. The Morgan fingerprint density at radius 2 is 1.69 bits per heavy atom. The molecule has 3 rings (SSSR count). The summed E-state index contributed by atoms with van der Waals surface area (Å²) < 4.78 is 0.495. The van der Waals surface area contributed by atoms with E-state index in [1.807, 2.05) is 0 Å². The van der Waals surface area contributed by atoms with Gasteiger partial charge in [0.05, 0.1) is 0 Å². The fourth-order valence-corrected chi connectivity index (χ4v) is 10.2. The summed E-state index contributed by atoms with van der Waals surface area (Å²) in [5.41, 5.74) is 0. The van der Waals surface area contributed by atoms with Crippen LogP contribution in [0.15, 0.2) is 12.2 Å². The molecule has 0 saturated heterocycles. The molecule has 0 aromatic heterocycles. The van der Waals surface area contributed by atoms with Crippen molar-refractivity contribution in [1.29, 1.82) is 0 Å². The van der Waals surface area contributed by atoms with E-state index in [9.17, 15) is 0 Å². The molecule has 13 heavy (non-hydrogen) atoms. The van der Waals surface area contributed by atoms with Crippen molar-refractivity contribution in [2.45, 2.75) is 17.6 Å². The molecule has 3 aliphatic carbocycles. The molecule has 0 heterocycles. The Labute approximate surface area is 93.5 Å². The topological polar surface area (TPSA) is 0 Å². The van der Waals surface area contributed by atoms with Gasteiger partial charge in [0.25, 0.3) is 0 Å². The fraction of sp³-hybridized carbons (Fsp3) is 0.778. The van der Waals surface area contributed by atoms with Crippen LogP contribution in [0.2, 0.25) is 4.75 Å². The van der Waals surface area contributed by atoms with Gasteiger partial charge in [0.2, 0.25) is 0 Å². The van der Waals surface area contributed by atoms with Crippen molar-refractivity contribution in [2.75, 3.05) is 0 Å². The Balaban J connectivity index is 1.83. The van der Waals surface area contributed by atoms with E-state index >= 15 is 0 Å². The molecule has 72 valence electrons. The van der Waals surface area contributed by atoms with E-state index in [-0.39, 0.29) is 0 Å². The van der Waals surface area contributed by atoms with E-state index in [0.717, 1.165) is 23.7 Å². The van der Waals surface area contributed by atoms with Gasteiger partial charge >= 0.3 is 93.9 Å².